The Hall–Kier alpha value is -4.78. The summed E-state index contributed by atoms with van der Waals surface area (Å²) >= 11 is 0. The number of anilines is 1. The Kier molecular flexibility index (Phi) is 9.56. The van der Waals surface area contributed by atoms with E-state index < -0.39 is 39.0 Å². The highest BCUT2D eigenvalue weighted by Crippen LogP contribution is 2.26. The monoisotopic (exact) mass is 568 g/mol. The zero-order chi connectivity index (χ0) is 29.3. The molecule has 0 heterocycles. The number of nitro groups is 1. The first-order valence-corrected chi connectivity index (χ1v) is 13.4. The minimum atomic E-state index is -4.24. The fraction of sp³-hybridized carbons (Fsp3) is 0.222. The first-order chi connectivity index (χ1) is 18.8. The molecule has 0 atom stereocenters. The van der Waals surface area contributed by atoms with E-state index >= 15 is 0 Å². The highest BCUT2D eigenvalue weighted by Gasteiger charge is 2.28. The number of hydrogen-bond donors (Lipinski definition) is 1. The van der Waals surface area contributed by atoms with Gasteiger partial charge in [0.25, 0.3) is 21.6 Å². The number of rotatable bonds is 11. The molecule has 1 amide bonds. The van der Waals surface area contributed by atoms with E-state index in [4.69, 9.17) is 9.47 Å². The molecule has 0 unspecified atom stereocenters. The normalized spacial score (nSPS) is 11.6. The van der Waals surface area contributed by atoms with Gasteiger partial charge in [0.15, 0.2) is 6.61 Å². The molecule has 0 saturated carbocycles. The molecule has 0 aliphatic heterocycles. The van der Waals surface area contributed by atoms with E-state index in [9.17, 15) is 28.1 Å². The first kappa shape index (κ1) is 29.8. The number of nitro benzene ring substituents is 1. The van der Waals surface area contributed by atoms with Crippen molar-refractivity contribution in [3.63, 3.8) is 0 Å². The van der Waals surface area contributed by atoms with Crippen LogP contribution in [-0.4, -0.2) is 50.2 Å². The molecule has 1 N–H and O–H groups in total. The van der Waals surface area contributed by atoms with E-state index in [-0.39, 0.29) is 22.9 Å². The molecule has 0 aromatic heterocycles. The molecule has 12 nitrogen and oxygen atoms in total. The molecule has 0 bridgehead atoms. The Balaban J connectivity index is 1.68. The number of amides is 1. The predicted octanol–water partition coefficient (Wildman–Crippen LogP) is 3.66. The molecule has 0 saturated heterocycles. The molecule has 3 rings (SSSR count). The number of carbonyl (C=O) groups is 2. The minimum Gasteiger partial charge on any atom is -0.482 e. The van der Waals surface area contributed by atoms with Crippen LogP contribution in [0.15, 0.2) is 88.9 Å². The number of hydrazone groups is 1. The van der Waals surface area contributed by atoms with Gasteiger partial charge in [0.2, 0.25) is 0 Å². The maximum Gasteiger partial charge on any atom is 0.344 e. The zero-order valence-electron chi connectivity index (χ0n) is 22.0. The number of nitrogens with zero attached hydrogens (tertiary/aromatic N) is 3. The Labute approximate surface area is 231 Å². The van der Waals surface area contributed by atoms with Crippen LogP contribution in [0.1, 0.15) is 26.3 Å². The van der Waals surface area contributed by atoms with Gasteiger partial charge in [0, 0.05) is 12.1 Å². The van der Waals surface area contributed by atoms with Crippen LogP contribution in [0.5, 0.6) is 5.75 Å². The van der Waals surface area contributed by atoms with Gasteiger partial charge in [-0.1, -0.05) is 24.3 Å². The molecule has 3 aromatic carbocycles. The maximum atomic E-state index is 13.3. The van der Waals surface area contributed by atoms with Crippen molar-refractivity contribution in [3.8, 4) is 5.75 Å². The third-order valence-electron chi connectivity index (χ3n) is 5.01. The van der Waals surface area contributed by atoms with E-state index in [0.717, 1.165) is 10.4 Å². The summed E-state index contributed by atoms with van der Waals surface area (Å²) in [7, 11) is -4.24. The molecule has 0 radical (unpaired) electrons. The Morgan fingerprint density at radius 3 is 2.33 bits per heavy atom. The summed E-state index contributed by atoms with van der Waals surface area (Å²) in [4.78, 5) is 35.0. The number of ether oxygens (including phenoxy) is 2. The predicted molar refractivity (Wildman–Crippen MR) is 148 cm³/mol. The molecule has 40 heavy (non-hydrogen) atoms. The lowest BCUT2D eigenvalue weighted by Gasteiger charge is -2.23. The number of benzene rings is 3. The molecule has 0 aliphatic rings. The van der Waals surface area contributed by atoms with Crippen LogP contribution in [0.25, 0.3) is 0 Å². The SMILES string of the molecule is CC(C)(C)OC(=O)COc1ccc(/C=N\NC(=O)CN(c2cccc([N+](=O)[O-])c2)S(=O)(=O)c2ccccc2)cc1. The number of nitrogens with one attached hydrogen (secondary N) is 1. The van der Waals surface area contributed by atoms with E-state index in [2.05, 4.69) is 10.5 Å². The number of esters is 1. The Morgan fingerprint density at radius 2 is 1.70 bits per heavy atom. The highest BCUT2D eigenvalue weighted by atomic mass is 32.2. The van der Waals surface area contributed by atoms with Crippen LogP contribution in [0.2, 0.25) is 0 Å². The standard InChI is InChI=1S/C27H28N4O8S/c1-27(2,3)39-26(33)19-38-23-14-12-20(13-15-23)17-28-29-25(32)18-30(21-8-7-9-22(16-21)31(34)35)40(36,37)24-10-5-4-6-11-24/h4-17H,18-19H2,1-3H3,(H,29,32)/b28-17-. The van der Waals surface area contributed by atoms with Gasteiger partial charge in [0.1, 0.15) is 17.9 Å². The van der Waals surface area contributed by atoms with E-state index in [1.54, 1.807) is 51.1 Å². The molecule has 3 aromatic rings. The zero-order valence-corrected chi connectivity index (χ0v) is 22.8. The number of carbonyl (C=O) groups excluding carboxylic acids is 2. The van der Waals surface area contributed by atoms with E-state index in [1.807, 2.05) is 0 Å². The summed E-state index contributed by atoms with van der Waals surface area (Å²) in [6.07, 6.45) is 1.33. The summed E-state index contributed by atoms with van der Waals surface area (Å²) in [5.74, 6) is -0.861. The van der Waals surface area contributed by atoms with Crippen LogP contribution >= 0.6 is 0 Å². The Bertz CT molecular complexity index is 1480. The third-order valence-corrected chi connectivity index (χ3v) is 6.79. The molecule has 0 aliphatic carbocycles. The molecular formula is C27H28N4O8S. The van der Waals surface area contributed by atoms with Crippen molar-refractivity contribution >= 4 is 39.5 Å². The summed E-state index contributed by atoms with van der Waals surface area (Å²) in [5, 5.41) is 15.1. The lowest BCUT2D eigenvalue weighted by atomic mass is 10.2. The Morgan fingerprint density at radius 1 is 1.02 bits per heavy atom. The van der Waals surface area contributed by atoms with Gasteiger partial charge in [-0.15, -0.1) is 0 Å². The maximum absolute atomic E-state index is 13.3. The van der Waals surface area contributed by atoms with Crippen LogP contribution in [0.4, 0.5) is 11.4 Å². The second-order valence-corrected chi connectivity index (χ2v) is 11.2. The van der Waals surface area contributed by atoms with Gasteiger partial charge >= 0.3 is 5.97 Å². The average Bonchev–Trinajstić information content (AvgIpc) is 2.91. The fourth-order valence-corrected chi connectivity index (χ4v) is 4.74. The molecule has 0 spiro atoms. The number of sulfonamides is 1. The quantitative estimate of drug-likeness (QED) is 0.159. The molecule has 210 valence electrons. The van der Waals surface area contributed by atoms with Gasteiger partial charge in [-0.25, -0.2) is 18.6 Å². The van der Waals surface area contributed by atoms with Gasteiger partial charge in [0.05, 0.1) is 21.7 Å². The fourth-order valence-electron chi connectivity index (χ4n) is 3.30. The first-order valence-electron chi connectivity index (χ1n) is 11.9. The van der Waals surface area contributed by atoms with Crippen molar-refractivity contribution in [2.24, 2.45) is 5.10 Å². The molecule has 13 heteroatoms. The minimum absolute atomic E-state index is 0.0563. The van der Waals surface area contributed by atoms with Gasteiger partial charge in [-0.2, -0.15) is 5.10 Å². The second-order valence-electron chi connectivity index (χ2n) is 9.34. The smallest absolute Gasteiger partial charge is 0.344 e. The van der Waals surface area contributed by atoms with Crippen molar-refractivity contribution in [1.29, 1.82) is 0 Å². The summed E-state index contributed by atoms with van der Waals surface area (Å²) < 4.78 is 38.0. The van der Waals surface area contributed by atoms with E-state index in [0.29, 0.717) is 11.3 Å². The lowest BCUT2D eigenvalue weighted by Crippen LogP contribution is -2.39. The van der Waals surface area contributed by atoms with Crippen molar-refractivity contribution in [3.05, 3.63) is 94.5 Å². The van der Waals surface area contributed by atoms with Crippen LogP contribution in [0, 0.1) is 10.1 Å². The third kappa shape index (κ3) is 8.63. The van der Waals surface area contributed by atoms with Crippen molar-refractivity contribution < 1.29 is 32.4 Å². The van der Waals surface area contributed by atoms with Crippen molar-refractivity contribution in [2.75, 3.05) is 17.5 Å². The van der Waals surface area contributed by atoms with Crippen molar-refractivity contribution in [1.82, 2.24) is 5.43 Å². The average molecular weight is 569 g/mol. The molecular weight excluding hydrogens is 540 g/mol. The van der Waals surface area contributed by atoms with Gasteiger partial charge in [-0.05, 0) is 68.8 Å². The number of non-ortho nitro benzene ring substituents is 1. The topological polar surface area (TPSA) is 158 Å². The molecule has 0 fully saturated rings. The van der Waals surface area contributed by atoms with Gasteiger partial charge < -0.3 is 9.47 Å². The van der Waals surface area contributed by atoms with Gasteiger partial charge in [-0.3, -0.25) is 19.2 Å². The van der Waals surface area contributed by atoms with Crippen LogP contribution < -0.4 is 14.5 Å². The van der Waals surface area contributed by atoms with Crippen LogP contribution in [-0.2, 0) is 24.3 Å². The largest absolute Gasteiger partial charge is 0.482 e. The van der Waals surface area contributed by atoms with Crippen molar-refractivity contribution in [2.45, 2.75) is 31.3 Å². The summed E-state index contributed by atoms with van der Waals surface area (Å²) in [5.41, 5.74) is 1.84. The summed E-state index contributed by atoms with van der Waals surface area (Å²) in [6, 6.07) is 18.9. The second kappa shape index (κ2) is 12.8. The van der Waals surface area contributed by atoms with E-state index in [1.165, 1.54) is 48.7 Å². The lowest BCUT2D eigenvalue weighted by molar-refractivity contribution is -0.384. The van der Waals surface area contributed by atoms with Crippen LogP contribution in [0.3, 0.4) is 0 Å². The number of hydrogen-bond acceptors (Lipinski definition) is 9. The summed E-state index contributed by atoms with van der Waals surface area (Å²) in [6.45, 7) is 4.32. The highest BCUT2D eigenvalue weighted by molar-refractivity contribution is 7.92.